The Hall–Kier alpha value is -2.36. The lowest BCUT2D eigenvalue weighted by molar-refractivity contribution is -0.141. The van der Waals surface area contributed by atoms with E-state index in [1.807, 2.05) is 30.3 Å². The first-order valence-electron chi connectivity index (χ1n) is 7.34. The molecule has 2 N–H and O–H groups in total. The van der Waals surface area contributed by atoms with E-state index >= 15 is 0 Å². The molecule has 1 rings (SSSR count). The molecule has 0 aliphatic carbocycles. The minimum Gasteiger partial charge on any atom is -0.481 e. The van der Waals surface area contributed by atoms with E-state index in [1.54, 1.807) is 12.2 Å². The normalized spacial score (nSPS) is 11.7. The highest BCUT2D eigenvalue weighted by atomic mass is 16.4. The van der Waals surface area contributed by atoms with E-state index in [1.165, 1.54) is 0 Å². The maximum atomic E-state index is 12.1. The van der Waals surface area contributed by atoms with Gasteiger partial charge in [-0.25, -0.2) is 0 Å². The van der Waals surface area contributed by atoms with Crippen LogP contribution in [0.25, 0.3) is 0 Å². The molecule has 0 aromatic heterocycles. The topological polar surface area (TPSA) is 66.4 Å². The summed E-state index contributed by atoms with van der Waals surface area (Å²) in [6.07, 6.45) is 4.87. The minimum atomic E-state index is -0.909. The number of allylic oxidation sites excluding steroid dienone is 2. The number of carboxylic acid groups (broad SMARTS) is 1. The van der Waals surface area contributed by atoms with Crippen molar-refractivity contribution in [1.82, 2.24) is 5.32 Å². The SMILES string of the molecule is C=CCC(CC=C)C(=O)NCC(Cc1ccccc1)C(=O)O. The van der Waals surface area contributed by atoms with E-state index in [2.05, 4.69) is 18.5 Å². The van der Waals surface area contributed by atoms with Crippen LogP contribution in [0.4, 0.5) is 0 Å². The van der Waals surface area contributed by atoms with Crippen LogP contribution in [0.1, 0.15) is 18.4 Å². The van der Waals surface area contributed by atoms with Crippen LogP contribution >= 0.6 is 0 Å². The third-order valence-electron chi connectivity index (χ3n) is 3.47. The number of carboxylic acids is 1. The summed E-state index contributed by atoms with van der Waals surface area (Å²) in [6.45, 7) is 7.39. The number of amides is 1. The summed E-state index contributed by atoms with van der Waals surface area (Å²) in [5.74, 6) is -1.94. The zero-order chi connectivity index (χ0) is 16.4. The van der Waals surface area contributed by atoms with Crippen LogP contribution in [0.3, 0.4) is 0 Å². The molecule has 0 aliphatic rings. The zero-order valence-electron chi connectivity index (χ0n) is 12.7. The average Bonchev–Trinajstić information content (AvgIpc) is 2.51. The van der Waals surface area contributed by atoms with E-state index in [0.29, 0.717) is 19.3 Å². The van der Waals surface area contributed by atoms with Crippen molar-refractivity contribution in [2.75, 3.05) is 6.54 Å². The summed E-state index contributed by atoms with van der Waals surface area (Å²) in [6, 6.07) is 9.40. The first-order chi connectivity index (χ1) is 10.6. The van der Waals surface area contributed by atoms with Crippen molar-refractivity contribution in [2.24, 2.45) is 11.8 Å². The second-order valence-electron chi connectivity index (χ2n) is 5.22. The van der Waals surface area contributed by atoms with E-state index in [0.717, 1.165) is 5.56 Å². The van der Waals surface area contributed by atoms with Crippen LogP contribution in [0.2, 0.25) is 0 Å². The Morgan fingerprint density at radius 2 is 1.68 bits per heavy atom. The highest BCUT2D eigenvalue weighted by molar-refractivity contribution is 5.80. The third-order valence-corrected chi connectivity index (χ3v) is 3.47. The Kier molecular flexibility index (Phi) is 7.68. The number of rotatable bonds is 10. The van der Waals surface area contributed by atoms with Gasteiger partial charge in [-0.05, 0) is 24.8 Å². The van der Waals surface area contributed by atoms with E-state index in [4.69, 9.17) is 0 Å². The maximum absolute atomic E-state index is 12.1. The summed E-state index contributed by atoms with van der Waals surface area (Å²) in [5.41, 5.74) is 0.942. The molecule has 4 heteroatoms. The summed E-state index contributed by atoms with van der Waals surface area (Å²) >= 11 is 0. The fraction of sp³-hybridized carbons (Fsp3) is 0.333. The van der Waals surface area contributed by atoms with Crippen LogP contribution in [-0.4, -0.2) is 23.5 Å². The van der Waals surface area contributed by atoms with E-state index in [-0.39, 0.29) is 18.4 Å². The molecule has 0 bridgehead atoms. The van der Waals surface area contributed by atoms with Gasteiger partial charge in [0.2, 0.25) is 5.91 Å². The lowest BCUT2D eigenvalue weighted by Gasteiger charge is -2.17. The fourth-order valence-electron chi connectivity index (χ4n) is 2.23. The molecule has 1 atom stereocenters. The summed E-state index contributed by atoms with van der Waals surface area (Å²) in [4.78, 5) is 23.5. The van der Waals surface area contributed by atoms with Gasteiger partial charge >= 0.3 is 5.97 Å². The molecule has 1 aromatic rings. The van der Waals surface area contributed by atoms with Gasteiger partial charge in [0.25, 0.3) is 0 Å². The van der Waals surface area contributed by atoms with Gasteiger partial charge in [-0.2, -0.15) is 0 Å². The average molecular weight is 301 g/mol. The fourth-order valence-corrected chi connectivity index (χ4v) is 2.23. The molecule has 0 fully saturated rings. The largest absolute Gasteiger partial charge is 0.481 e. The predicted octanol–water partition coefficient (Wildman–Crippen LogP) is 2.81. The molecule has 0 spiro atoms. The molecule has 0 saturated carbocycles. The molecule has 0 radical (unpaired) electrons. The van der Waals surface area contributed by atoms with Crippen molar-refractivity contribution in [1.29, 1.82) is 0 Å². The smallest absolute Gasteiger partial charge is 0.308 e. The van der Waals surface area contributed by atoms with Crippen molar-refractivity contribution >= 4 is 11.9 Å². The van der Waals surface area contributed by atoms with Gasteiger partial charge in [0, 0.05) is 12.5 Å². The van der Waals surface area contributed by atoms with Gasteiger partial charge in [-0.3, -0.25) is 9.59 Å². The first kappa shape index (κ1) is 17.7. The third kappa shape index (κ3) is 5.95. The maximum Gasteiger partial charge on any atom is 0.308 e. The molecule has 0 heterocycles. The molecule has 4 nitrogen and oxygen atoms in total. The number of nitrogens with one attached hydrogen (secondary N) is 1. The monoisotopic (exact) mass is 301 g/mol. The lowest BCUT2D eigenvalue weighted by Crippen LogP contribution is -2.37. The molecule has 1 unspecified atom stereocenters. The van der Waals surface area contributed by atoms with Gasteiger partial charge < -0.3 is 10.4 Å². The zero-order valence-corrected chi connectivity index (χ0v) is 12.7. The van der Waals surface area contributed by atoms with Crippen molar-refractivity contribution in [2.45, 2.75) is 19.3 Å². The van der Waals surface area contributed by atoms with Crippen LogP contribution in [0.15, 0.2) is 55.6 Å². The highest BCUT2D eigenvalue weighted by Gasteiger charge is 2.21. The number of carbonyl (C=O) groups excluding carboxylic acids is 1. The molecule has 1 aromatic carbocycles. The van der Waals surface area contributed by atoms with E-state index < -0.39 is 11.9 Å². The molecule has 118 valence electrons. The second kappa shape index (κ2) is 9.55. The van der Waals surface area contributed by atoms with Gasteiger partial charge in [-0.15, -0.1) is 13.2 Å². The number of hydrogen-bond acceptors (Lipinski definition) is 2. The Bertz CT molecular complexity index is 500. The molecule has 22 heavy (non-hydrogen) atoms. The Balaban J connectivity index is 2.60. The molecule has 0 saturated heterocycles. The van der Waals surface area contributed by atoms with Gasteiger partial charge in [0.1, 0.15) is 0 Å². The number of carbonyl (C=O) groups is 2. The van der Waals surface area contributed by atoms with Crippen LogP contribution in [-0.2, 0) is 16.0 Å². The van der Waals surface area contributed by atoms with Gasteiger partial charge in [-0.1, -0.05) is 42.5 Å². The number of aliphatic carboxylic acids is 1. The number of hydrogen-bond donors (Lipinski definition) is 2. The predicted molar refractivity (Wildman–Crippen MR) is 87.4 cm³/mol. The van der Waals surface area contributed by atoms with Crippen molar-refractivity contribution in [3.63, 3.8) is 0 Å². The first-order valence-corrected chi connectivity index (χ1v) is 7.34. The lowest BCUT2D eigenvalue weighted by atomic mass is 9.97. The van der Waals surface area contributed by atoms with Gasteiger partial charge in [0.05, 0.1) is 5.92 Å². The Morgan fingerprint density at radius 1 is 1.09 bits per heavy atom. The molecule has 0 aliphatic heterocycles. The highest BCUT2D eigenvalue weighted by Crippen LogP contribution is 2.12. The van der Waals surface area contributed by atoms with Gasteiger partial charge in [0.15, 0.2) is 0 Å². The minimum absolute atomic E-state index is 0.119. The molecule has 1 amide bonds. The molecular weight excluding hydrogens is 278 g/mol. The van der Waals surface area contributed by atoms with Crippen molar-refractivity contribution < 1.29 is 14.7 Å². The summed E-state index contributed by atoms with van der Waals surface area (Å²) in [7, 11) is 0. The van der Waals surface area contributed by atoms with Crippen LogP contribution < -0.4 is 5.32 Å². The van der Waals surface area contributed by atoms with Crippen molar-refractivity contribution in [3.05, 3.63) is 61.2 Å². The summed E-state index contributed by atoms with van der Waals surface area (Å²) in [5, 5.41) is 12.0. The van der Waals surface area contributed by atoms with Crippen LogP contribution in [0.5, 0.6) is 0 Å². The standard InChI is InChI=1S/C18H23NO3/c1-3-8-15(9-4-2)17(20)19-13-16(18(21)22)12-14-10-6-5-7-11-14/h3-7,10-11,15-16H,1-2,8-9,12-13H2,(H,19,20)(H,21,22). The Morgan fingerprint density at radius 3 is 2.18 bits per heavy atom. The summed E-state index contributed by atoms with van der Waals surface area (Å²) < 4.78 is 0. The van der Waals surface area contributed by atoms with Crippen molar-refractivity contribution in [3.8, 4) is 0 Å². The Labute approximate surface area is 131 Å². The molecular formula is C18H23NO3. The quantitative estimate of drug-likeness (QED) is 0.653. The van der Waals surface area contributed by atoms with E-state index in [9.17, 15) is 14.7 Å². The van der Waals surface area contributed by atoms with Crippen LogP contribution in [0, 0.1) is 11.8 Å². The number of benzene rings is 1. The second-order valence-corrected chi connectivity index (χ2v) is 5.22.